The van der Waals surface area contributed by atoms with Crippen molar-refractivity contribution in [2.45, 2.75) is 23.3 Å². The maximum absolute atomic E-state index is 12.6. The van der Waals surface area contributed by atoms with E-state index in [-0.39, 0.29) is 5.91 Å². The molecule has 2 aromatic carbocycles. The molecule has 1 amide bonds. The summed E-state index contributed by atoms with van der Waals surface area (Å²) >= 11 is 1.56. The Morgan fingerprint density at radius 3 is 2.55 bits per heavy atom. The van der Waals surface area contributed by atoms with E-state index in [1.54, 1.807) is 41.6 Å². The summed E-state index contributed by atoms with van der Waals surface area (Å²) in [4.78, 5) is 22.3. The molecular weight excluding hydrogens is 414 g/mol. The molecule has 8 nitrogen and oxygen atoms in total. The number of carbonyl (C=O) groups is 1. The van der Waals surface area contributed by atoms with E-state index in [2.05, 4.69) is 27.3 Å². The zero-order valence-corrected chi connectivity index (χ0v) is 18.1. The van der Waals surface area contributed by atoms with E-state index in [0.29, 0.717) is 28.5 Å². The highest BCUT2D eigenvalue weighted by atomic mass is 32.2. The number of aromatic nitrogens is 4. The van der Waals surface area contributed by atoms with Gasteiger partial charge in [-0.2, -0.15) is 14.6 Å². The van der Waals surface area contributed by atoms with Crippen molar-refractivity contribution >= 4 is 29.1 Å². The minimum Gasteiger partial charge on any atom is -0.493 e. The van der Waals surface area contributed by atoms with Crippen LogP contribution < -0.4 is 14.8 Å². The van der Waals surface area contributed by atoms with Gasteiger partial charge in [-0.25, -0.2) is 4.98 Å². The SMILES string of the molecule is CCc1cc(Sc2ccc(NC(=O)c3ccc(OC)c(OC)c3)cc2)n2ncnc2n1. The normalized spacial score (nSPS) is 10.8. The van der Waals surface area contributed by atoms with Crippen LogP contribution in [0.2, 0.25) is 0 Å². The maximum Gasteiger partial charge on any atom is 0.255 e. The second-order valence-corrected chi connectivity index (χ2v) is 7.66. The molecule has 0 unspecified atom stereocenters. The molecule has 0 bridgehead atoms. The van der Waals surface area contributed by atoms with Crippen LogP contribution in [0.5, 0.6) is 11.5 Å². The molecular formula is C22H21N5O3S. The number of rotatable bonds is 7. The number of amides is 1. The second kappa shape index (κ2) is 9.05. The molecule has 1 N–H and O–H groups in total. The number of aryl methyl sites for hydroxylation is 1. The van der Waals surface area contributed by atoms with Gasteiger partial charge in [-0.3, -0.25) is 4.79 Å². The van der Waals surface area contributed by atoms with E-state index in [1.165, 1.54) is 13.4 Å². The van der Waals surface area contributed by atoms with Gasteiger partial charge in [-0.1, -0.05) is 18.7 Å². The largest absolute Gasteiger partial charge is 0.493 e. The van der Waals surface area contributed by atoms with Crippen molar-refractivity contribution in [1.29, 1.82) is 0 Å². The van der Waals surface area contributed by atoms with Crippen LogP contribution in [0.3, 0.4) is 0 Å². The van der Waals surface area contributed by atoms with Crippen LogP contribution in [0.15, 0.2) is 64.8 Å². The minimum absolute atomic E-state index is 0.229. The van der Waals surface area contributed by atoms with Crippen molar-refractivity contribution in [2.24, 2.45) is 0 Å². The molecule has 2 aromatic heterocycles. The van der Waals surface area contributed by atoms with Gasteiger partial charge in [-0.05, 0) is 55.0 Å². The third-order valence-electron chi connectivity index (χ3n) is 4.61. The fourth-order valence-electron chi connectivity index (χ4n) is 2.99. The quantitative estimate of drug-likeness (QED) is 0.437. The van der Waals surface area contributed by atoms with E-state index >= 15 is 0 Å². The van der Waals surface area contributed by atoms with Crippen molar-refractivity contribution in [3.05, 3.63) is 66.1 Å². The fraction of sp³-hybridized carbons (Fsp3) is 0.182. The van der Waals surface area contributed by atoms with Crippen molar-refractivity contribution in [3.8, 4) is 11.5 Å². The van der Waals surface area contributed by atoms with Crippen LogP contribution >= 0.6 is 11.8 Å². The third-order valence-corrected chi connectivity index (χ3v) is 5.62. The molecule has 0 radical (unpaired) electrons. The minimum atomic E-state index is -0.229. The molecule has 2 heterocycles. The smallest absolute Gasteiger partial charge is 0.255 e. The fourth-order valence-corrected chi connectivity index (χ4v) is 3.92. The Kier molecular flexibility index (Phi) is 6.03. The lowest BCUT2D eigenvalue weighted by Crippen LogP contribution is -2.12. The molecule has 4 rings (SSSR count). The number of hydrogen-bond donors (Lipinski definition) is 1. The third kappa shape index (κ3) is 4.46. The molecule has 158 valence electrons. The summed E-state index contributed by atoms with van der Waals surface area (Å²) < 4.78 is 12.2. The molecule has 0 atom stereocenters. The van der Waals surface area contributed by atoms with E-state index < -0.39 is 0 Å². The Morgan fingerprint density at radius 2 is 1.84 bits per heavy atom. The van der Waals surface area contributed by atoms with E-state index in [4.69, 9.17) is 9.47 Å². The van der Waals surface area contributed by atoms with Gasteiger partial charge in [0.15, 0.2) is 11.5 Å². The van der Waals surface area contributed by atoms with Gasteiger partial charge in [0.25, 0.3) is 11.7 Å². The molecule has 4 aromatic rings. The second-order valence-electron chi connectivity index (χ2n) is 6.56. The first-order chi connectivity index (χ1) is 15.1. The van der Waals surface area contributed by atoms with Crippen molar-refractivity contribution in [2.75, 3.05) is 19.5 Å². The Hall–Kier alpha value is -3.59. The predicted molar refractivity (Wildman–Crippen MR) is 118 cm³/mol. The first-order valence-electron chi connectivity index (χ1n) is 9.62. The maximum atomic E-state index is 12.6. The Morgan fingerprint density at radius 1 is 1.06 bits per heavy atom. The average Bonchev–Trinajstić information content (AvgIpc) is 3.28. The summed E-state index contributed by atoms with van der Waals surface area (Å²) in [6, 6.07) is 14.7. The predicted octanol–water partition coefficient (Wildman–Crippen LogP) is 4.11. The molecule has 9 heteroatoms. The molecule has 0 saturated heterocycles. The lowest BCUT2D eigenvalue weighted by Gasteiger charge is -2.10. The number of anilines is 1. The number of ether oxygens (including phenoxy) is 2. The van der Waals surface area contributed by atoms with Crippen LogP contribution in [0.1, 0.15) is 23.0 Å². The highest BCUT2D eigenvalue weighted by Gasteiger charge is 2.12. The van der Waals surface area contributed by atoms with Crippen LogP contribution in [-0.2, 0) is 6.42 Å². The average molecular weight is 436 g/mol. The van der Waals surface area contributed by atoms with Crippen LogP contribution in [-0.4, -0.2) is 39.7 Å². The summed E-state index contributed by atoms with van der Waals surface area (Å²) in [6.45, 7) is 2.06. The lowest BCUT2D eigenvalue weighted by molar-refractivity contribution is 0.102. The van der Waals surface area contributed by atoms with Crippen molar-refractivity contribution < 1.29 is 14.3 Å². The number of methoxy groups -OCH3 is 2. The number of nitrogens with one attached hydrogen (secondary N) is 1. The molecule has 0 aliphatic rings. The van der Waals surface area contributed by atoms with Crippen LogP contribution in [0.4, 0.5) is 5.69 Å². The van der Waals surface area contributed by atoms with Gasteiger partial charge in [0.05, 0.1) is 14.2 Å². The highest BCUT2D eigenvalue weighted by molar-refractivity contribution is 7.99. The first-order valence-corrected chi connectivity index (χ1v) is 10.4. The van der Waals surface area contributed by atoms with Gasteiger partial charge >= 0.3 is 0 Å². The molecule has 0 saturated carbocycles. The van der Waals surface area contributed by atoms with Gasteiger partial charge in [0.1, 0.15) is 11.4 Å². The number of carbonyl (C=O) groups excluding carboxylic acids is 1. The number of benzene rings is 2. The summed E-state index contributed by atoms with van der Waals surface area (Å²) in [5.74, 6) is 1.43. The zero-order chi connectivity index (χ0) is 21.8. The zero-order valence-electron chi connectivity index (χ0n) is 17.3. The summed E-state index contributed by atoms with van der Waals surface area (Å²) in [5.41, 5.74) is 2.13. The van der Waals surface area contributed by atoms with Gasteiger partial charge in [0.2, 0.25) is 0 Å². The van der Waals surface area contributed by atoms with Crippen molar-refractivity contribution in [3.63, 3.8) is 0 Å². The van der Waals surface area contributed by atoms with E-state index in [0.717, 1.165) is 22.0 Å². The van der Waals surface area contributed by atoms with Crippen molar-refractivity contribution in [1.82, 2.24) is 19.6 Å². The molecule has 0 aliphatic carbocycles. The number of fused-ring (bicyclic) bond motifs is 1. The monoisotopic (exact) mass is 435 g/mol. The molecule has 0 spiro atoms. The summed E-state index contributed by atoms with van der Waals surface area (Å²) in [6.07, 6.45) is 2.32. The molecule has 0 aliphatic heterocycles. The van der Waals surface area contributed by atoms with Gasteiger partial charge in [-0.15, -0.1) is 0 Å². The summed E-state index contributed by atoms with van der Waals surface area (Å²) in [7, 11) is 3.09. The summed E-state index contributed by atoms with van der Waals surface area (Å²) in [5, 5.41) is 8.08. The van der Waals surface area contributed by atoms with Gasteiger partial charge < -0.3 is 14.8 Å². The van der Waals surface area contributed by atoms with Crippen LogP contribution in [0.25, 0.3) is 5.78 Å². The molecule has 0 fully saturated rings. The number of nitrogens with zero attached hydrogens (tertiary/aromatic N) is 4. The first kappa shape index (κ1) is 20.7. The highest BCUT2D eigenvalue weighted by Crippen LogP contribution is 2.30. The Balaban J connectivity index is 1.49. The topological polar surface area (TPSA) is 90.6 Å². The van der Waals surface area contributed by atoms with Gasteiger partial charge in [0, 0.05) is 21.8 Å². The van der Waals surface area contributed by atoms with E-state index in [1.807, 2.05) is 30.3 Å². The Bertz CT molecular complexity index is 1220. The number of hydrogen-bond acceptors (Lipinski definition) is 7. The molecule has 31 heavy (non-hydrogen) atoms. The standard InChI is InChI=1S/C22H21N5O3S/c1-4-15-12-20(27-22(26-15)23-13-24-27)31-17-8-6-16(7-9-17)25-21(28)14-5-10-18(29-2)19(11-14)30-3/h5-13H,4H2,1-3H3,(H,25,28). The lowest BCUT2D eigenvalue weighted by atomic mass is 10.2. The van der Waals surface area contributed by atoms with E-state index in [9.17, 15) is 4.79 Å². The Labute approximate surface area is 183 Å². The van der Waals surface area contributed by atoms with Crippen LogP contribution in [0, 0.1) is 0 Å².